The molecule has 9 heteroatoms. The monoisotopic (exact) mass is 576 g/mol. The van der Waals surface area contributed by atoms with Crippen LogP contribution in [0.15, 0.2) is 66.5 Å². The lowest BCUT2D eigenvalue weighted by atomic mass is 9.44. The topological polar surface area (TPSA) is 124 Å². The number of rotatable bonds is 5. The summed E-state index contributed by atoms with van der Waals surface area (Å²) in [6, 6.07) is 9.51. The summed E-state index contributed by atoms with van der Waals surface area (Å²) in [6.45, 7) is 3.49. The molecule has 0 bridgehead atoms. The summed E-state index contributed by atoms with van der Waals surface area (Å²) in [5, 5.41) is 21.9. The van der Waals surface area contributed by atoms with E-state index in [0.717, 1.165) is 11.1 Å². The van der Waals surface area contributed by atoms with E-state index >= 15 is 4.39 Å². The summed E-state index contributed by atoms with van der Waals surface area (Å²) in [7, 11) is 0. The Bertz CT molecular complexity index is 1530. The fourth-order valence-corrected chi connectivity index (χ4v) is 9.32. The number of aliphatic hydroxyl groups excluding tert-OH is 2. The molecule has 0 radical (unpaired) electrons. The Hall–Kier alpha value is -3.11. The number of ketones is 2. The lowest BCUT2D eigenvalue weighted by Gasteiger charge is -2.62. The van der Waals surface area contributed by atoms with Gasteiger partial charge in [0.1, 0.15) is 6.61 Å². The van der Waals surface area contributed by atoms with Crippen LogP contribution >= 0.6 is 0 Å². The lowest BCUT2D eigenvalue weighted by Crippen LogP contribution is -2.69. The highest BCUT2D eigenvalue weighted by molar-refractivity contribution is 6.01. The first-order valence-electron chi connectivity index (χ1n) is 14.7. The number of hydrogen-bond donors (Lipinski definition) is 3. The van der Waals surface area contributed by atoms with E-state index < -0.39 is 58.9 Å². The van der Waals surface area contributed by atoms with Gasteiger partial charge in [0.2, 0.25) is 0 Å². The molecule has 0 spiro atoms. The smallest absolute Gasteiger partial charge is 0.193 e. The van der Waals surface area contributed by atoms with Crippen LogP contribution in [0.4, 0.5) is 10.1 Å². The highest BCUT2D eigenvalue weighted by Crippen LogP contribution is 2.72. The number of Topliss-reactive ketones (excluding diaryl/α,β-unsaturated/α-hetero) is 1. The van der Waals surface area contributed by atoms with Crippen molar-refractivity contribution in [2.24, 2.45) is 22.7 Å². The molecule has 222 valence electrons. The van der Waals surface area contributed by atoms with Crippen molar-refractivity contribution in [2.45, 2.75) is 75.8 Å². The Kier molecular flexibility index (Phi) is 6.07. The van der Waals surface area contributed by atoms with E-state index in [1.807, 2.05) is 54.2 Å². The maximum absolute atomic E-state index is 17.5. The molecule has 4 fully saturated rings. The lowest BCUT2D eigenvalue weighted by molar-refractivity contribution is -0.231. The van der Waals surface area contributed by atoms with E-state index in [4.69, 9.17) is 15.2 Å². The Labute approximate surface area is 244 Å². The first-order chi connectivity index (χ1) is 20.0. The summed E-state index contributed by atoms with van der Waals surface area (Å²) in [6.07, 6.45) is 6.63. The molecule has 4 N–H and O–H groups in total. The van der Waals surface area contributed by atoms with Gasteiger partial charge in [-0.25, -0.2) is 4.39 Å². The molecule has 1 aromatic carbocycles. The minimum absolute atomic E-state index is 0.0376. The molecule has 42 heavy (non-hydrogen) atoms. The van der Waals surface area contributed by atoms with Gasteiger partial charge in [0.05, 0.1) is 12.2 Å². The number of carbonyl (C=O) groups excluding carboxylic acids is 2. The van der Waals surface area contributed by atoms with Crippen molar-refractivity contribution in [3.05, 3.63) is 77.7 Å². The second-order valence-corrected chi connectivity index (χ2v) is 13.3. The maximum Gasteiger partial charge on any atom is 0.193 e. The number of benzene rings is 1. The predicted octanol–water partition coefficient (Wildman–Crippen LogP) is 3.81. The summed E-state index contributed by atoms with van der Waals surface area (Å²) in [4.78, 5) is 25.8. The number of fused-ring (bicyclic) bond motifs is 7. The van der Waals surface area contributed by atoms with Crippen LogP contribution in [-0.4, -0.2) is 56.4 Å². The van der Waals surface area contributed by atoms with Gasteiger partial charge in [-0.15, -0.1) is 0 Å². The van der Waals surface area contributed by atoms with E-state index in [1.54, 1.807) is 13.0 Å². The molecule has 1 saturated heterocycles. The second kappa shape index (κ2) is 9.19. The number of carbonyl (C=O) groups is 2. The minimum Gasteiger partial charge on any atom is -0.399 e. The van der Waals surface area contributed by atoms with Gasteiger partial charge >= 0.3 is 0 Å². The molecule has 0 unspecified atom stereocenters. The number of nitrogens with zero attached hydrogens (tertiary/aromatic N) is 1. The van der Waals surface area contributed by atoms with E-state index in [2.05, 4.69) is 0 Å². The molecule has 8 nitrogen and oxygen atoms in total. The van der Waals surface area contributed by atoms with Gasteiger partial charge in [-0.3, -0.25) is 9.59 Å². The number of alkyl halides is 1. The van der Waals surface area contributed by atoms with Gasteiger partial charge in [0, 0.05) is 46.9 Å². The third-order valence-electron chi connectivity index (χ3n) is 11.3. The maximum atomic E-state index is 17.5. The number of hydrogen-bond acceptors (Lipinski definition) is 7. The van der Waals surface area contributed by atoms with Crippen molar-refractivity contribution in [1.82, 2.24) is 4.57 Å². The van der Waals surface area contributed by atoms with Crippen LogP contribution in [0.3, 0.4) is 0 Å². The SMILES string of the molecule is C[C@]12C=CC(=O)C=C1CC[C@H]1[C@@H]3C[C@H]4O[C@@H](c5ccn(Cc6cccc(N)c6)c5)O[C@@]4(C(=O)CO)[C@@]3(C)C[C@H](O)[C@@]12F. The molecule has 5 aliphatic rings. The van der Waals surface area contributed by atoms with Gasteiger partial charge < -0.3 is 30.0 Å². The largest absolute Gasteiger partial charge is 0.399 e. The first kappa shape index (κ1) is 27.7. The summed E-state index contributed by atoms with van der Waals surface area (Å²) in [5.41, 5.74) is 3.39. The molecule has 1 aromatic heterocycles. The summed E-state index contributed by atoms with van der Waals surface area (Å²) < 4.78 is 32.6. The number of allylic oxidation sites excluding steroid dienone is 4. The van der Waals surface area contributed by atoms with Crippen LogP contribution in [0.1, 0.15) is 56.9 Å². The van der Waals surface area contributed by atoms with Gasteiger partial charge in [-0.2, -0.15) is 0 Å². The van der Waals surface area contributed by atoms with Crippen LogP contribution in [0.5, 0.6) is 0 Å². The number of aliphatic hydroxyl groups is 2. The minimum atomic E-state index is -2.03. The summed E-state index contributed by atoms with van der Waals surface area (Å²) in [5.74, 6) is -1.62. The van der Waals surface area contributed by atoms with E-state index in [0.29, 0.717) is 37.1 Å². The van der Waals surface area contributed by atoms with Gasteiger partial charge in [0.25, 0.3) is 0 Å². The number of anilines is 1. The quantitative estimate of drug-likeness (QED) is 0.463. The average Bonchev–Trinajstić information content (AvgIpc) is 3.63. The number of aromatic nitrogens is 1. The van der Waals surface area contributed by atoms with E-state index in [9.17, 15) is 19.8 Å². The normalized spacial score (nSPS) is 42.0. The third-order valence-corrected chi connectivity index (χ3v) is 11.3. The first-order valence-corrected chi connectivity index (χ1v) is 14.7. The van der Waals surface area contributed by atoms with E-state index in [-0.39, 0.29) is 18.1 Å². The molecule has 3 saturated carbocycles. The molecule has 4 aliphatic carbocycles. The standard InChI is InChI=1S/C33H37FN2O6/c1-30-10-8-23(38)13-21(30)6-7-24-25-14-28-33(27(40)18-37,31(25,2)15-26(39)32(24,30)34)42-29(41-28)20-9-11-36(17-20)16-19-4-3-5-22(35)12-19/h3-5,8-13,17,24-26,28-29,37,39H,6-7,14-16,18,35H2,1-2H3/t24-,25-,26-,28+,29+,30-,31-,32-,33+/m0/s1. The molecule has 7 rings (SSSR count). The second-order valence-electron chi connectivity index (χ2n) is 13.3. The Balaban J connectivity index is 1.21. The van der Waals surface area contributed by atoms with Gasteiger partial charge in [-0.1, -0.05) is 30.7 Å². The molecule has 0 amide bonds. The highest BCUT2D eigenvalue weighted by Gasteiger charge is 2.79. The highest BCUT2D eigenvalue weighted by atomic mass is 19.1. The van der Waals surface area contributed by atoms with Crippen molar-refractivity contribution in [3.8, 4) is 0 Å². The molecule has 1 aliphatic heterocycles. The molecular weight excluding hydrogens is 539 g/mol. The number of nitrogens with two attached hydrogens (primary N) is 1. The third kappa shape index (κ3) is 3.48. The zero-order valence-corrected chi connectivity index (χ0v) is 23.8. The van der Waals surface area contributed by atoms with Crippen molar-refractivity contribution < 1.29 is 33.7 Å². The van der Waals surface area contributed by atoms with Gasteiger partial charge in [0.15, 0.2) is 29.1 Å². The van der Waals surface area contributed by atoms with Crippen LogP contribution in [0.25, 0.3) is 0 Å². The van der Waals surface area contributed by atoms with Crippen LogP contribution in [-0.2, 0) is 25.6 Å². The number of nitrogen functional groups attached to an aromatic ring is 1. The number of halogens is 1. The van der Waals surface area contributed by atoms with E-state index in [1.165, 1.54) is 12.2 Å². The molecule has 2 aromatic rings. The van der Waals surface area contributed by atoms with Gasteiger partial charge in [-0.05, 0) is 74.4 Å². The molecule has 9 atom stereocenters. The fourth-order valence-electron chi connectivity index (χ4n) is 9.32. The van der Waals surface area contributed by atoms with Crippen LogP contribution in [0, 0.1) is 22.7 Å². The van der Waals surface area contributed by atoms with Crippen molar-refractivity contribution in [2.75, 3.05) is 12.3 Å². The van der Waals surface area contributed by atoms with Crippen molar-refractivity contribution >= 4 is 17.3 Å². The zero-order chi connectivity index (χ0) is 29.7. The van der Waals surface area contributed by atoms with Crippen molar-refractivity contribution in [1.29, 1.82) is 0 Å². The Morgan fingerprint density at radius 3 is 2.81 bits per heavy atom. The molecule has 2 heterocycles. The van der Waals surface area contributed by atoms with Crippen LogP contribution < -0.4 is 5.73 Å². The Morgan fingerprint density at radius 1 is 1.24 bits per heavy atom. The zero-order valence-electron chi connectivity index (χ0n) is 23.8. The average molecular weight is 577 g/mol. The predicted molar refractivity (Wildman–Crippen MR) is 152 cm³/mol. The van der Waals surface area contributed by atoms with Crippen molar-refractivity contribution in [3.63, 3.8) is 0 Å². The number of ether oxygens (including phenoxy) is 2. The molecular formula is C33H37FN2O6. The van der Waals surface area contributed by atoms with Crippen LogP contribution in [0.2, 0.25) is 0 Å². The Morgan fingerprint density at radius 2 is 2.05 bits per heavy atom. The summed E-state index contributed by atoms with van der Waals surface area (Å²) >= 11 is 0. The fraction of sp³-hybridized carbons (Fsp3) is 0.515.